The van der Waals surface area contributed by atoms with E-state index in [-0.39, 0.29) is 18.0 Å². The summed E-state index contributed by atoms with van der Waals surface area (Å²) in [6.07, 6.45) is 0. The van der Waals surface area contributed by atoms with Gasteiger partial charge in [-0.25, -0.2) is 4.79 Å². The zero-order valence-corrected chi connectivity index (χ0v) is 12.6. The first-order valence-electron chi connectivity index (χ1n) is 6.46. The highest BCUT2D eigenvalue weighted by Gasteiger charge is 2.16. The molecule has 2 aromatic rings. The largest absolute Gasteiger partial charge is 0.342 e. The van der Waals surface area contributed by atoms with E-state index in [0.717, 1.165) is 4.57 Å². The molecule has 20 heavy (non-hydrogen) atoms. The van der Waals surface area contributed by atoms with Crippen LogP contribution in [0.5, 0.6) is 0 Å². The number of rotatable bonds is 4. The van der Waals surface area contributed by atoms with Crippen molar-refractivity contribution >= 4 is 27.5 Å². The summed E-state index contributed by atoms with van der Waals surface area (Å²) in [5.74, 6) is -0.122. The lowest BCUT2D eigenvalue weighted by Gasteiger charge is -2.19. The molecule has 2 rings (SSSR count). The highest BCUT2D eigenvalue weighted by Crippen LogP contribution is 2.15. The van der Waals surface area contributed by atoms with Crippen molar-refractivity contribution in [2.24, 2.45) is 7.05 Å². The molecule has 0 radical (unpaired) electrons. The minimum atomic E-state index is -0.457. The van der Waals surface area contributed by atoms with E-state index < -0.39 is 5.69 Å². The molecular formula is C13H17N3O3S. The summed E-state index contributed by atoms with van der Waals surface area (Å²) >= 11 is 1.28. The number of nitrogens with zero attached hydrogens (tertiary/aromatic N) is 3. The summed E-state index contributed by atoms with van der Waals surface area (Å²) in [4.78, 5) is 38.0. The fourth-order valence-corrected chi connectivity index (χ4v) is 3.03. The lowest BCUT2D eigenvalue weighted by atomic mass is 10.4. The Bertz CT molecular complexity index is 752. The summed E-state index contributed by atoms with van der Waals surface area (Å²) < 4.78 is 2.92. The van der Waals surface area contributed by atoms with Gasteiger partial charge in [0.05, 0.1) is 5.52 Å². The zero-order valence-electron chi connectivity index (χ0n) is 11.8. The second-order valence-electron chi connectivity index (χ2n) is 4.43. The van der Waals surface area contributed by atoms with Crippen LogP contribution < -0.4 is 11.2 Å². The van der Waals surface area contributed by atoms with Crippen molar-refractivity contribution in [1.82, 2.24) is 14.0 Å². The number of fused-ring (bicyclic) bond motifs is 1. The molecule has 0 saturated carbocycles. The lowest BCUT2D eigenvalue weighted by Crippen LogP contribution is -2.42. The van der Waals surface area contributed by atoms with Crippen LogP contribution in [-0.4, -0.2) is 33.0 Å². The quantitative estimate of drug-likeness (QED) is 0.831. The smallest absolute Gasteiger partial charge is 0.331 e. The van der Waals surface area contributed by atoms with E-state index in [9.17, 15) is 14.4 Å². The number of carbonyl (C=O) groups is 1. The van der Waals surface area contributed by atoms with Crippen LogP contribution in [0, 0.1) is 0 Å². The second kappa shape index (κ2) is 5.62. The van der Waals surface area contributed by atoms with Gasteiger partial charge in [-0.1, -0.05) is 0 Å². The molecule has 0 aliphatic heterocycles. The third kappa shape index (κ3) is 2.29. The topological polar surface area (TPSA) is 64.3 Å². The zero-order chi connectivity index (χ0) is 14.9. The highest BCUT2D eigenvalue weighted by atomic mass is 32.1. The maximum atomic E-state index is 12.2. The molecule has 0 aromatic carbocycles. The molecule has 0 aliphatic rings. The van der Waals surface area contributed by atoms with Gasteiger partial charge < -0.3 is 4.90 Å². The van der Waals surface area contributed by atoms with E-state index in [1.165, 1.54) is 23.0 Å². The highest BCUT2D eigenvalue weighted by molar-refractivity contribution is 7.17. The summed E-state index contributed by atoms with van der Waals surface area (Å²) in [5, 5.41) is 1.75. The fourth-order valence-electron chi connectivity index (χ4n) is 2.16. The van der Waals surface area contributed by atoms with E-state index in [1.54, 1.807) is 16.3 Å². The number of hydrogen-bond acceptors (Lipinski definition) is 4. The molecule has 0 fully saturated rings. The number of hydrogen-bond donors (Lipinski definition) is 0. The van der Waals surface area contributed by atoms with Gasteiger partial charge in [-0.05, 0) is 25.3 Å². The molecule has 7 heteroatoms. The number of aromatic nitrogens is 2. The van der Waals surface area contributed by atoms with Crippen molar-refractivity contribution in [3.8, 4) is 0 Å². The lowest BCUT2D eigenvalue weighted by molar-refractivity contribution is -0.131. The van der Waals surface area contributed by atoms with E-state index in [0.29, 0.717) is 23.3 Å². The molecular weight excluding hydrogens is 278 g/mol. The monoisotopic (exact) mass is 295 g/mol. The SMILES string of the molecule is CCN(CC)C(=O)Cn1c(=O)n(C)c(=O)c2sccc21. The Morgan fingerprint density at radius 3 is 2.55 bits per heavy atom. The van der Waals surface area contributed by atoms with Gasteiger partial charge in [0.2, 0.25) is 5.91 Å². The Morgan fingerprint density at radius 2 is 1.95 bits per heavy atom. The van der Waals surface area contributed by atoms with Gasteiger partial charge in [0.1, 0.15) is 11.2 Å². The molecule has 0 unspecified atom stereocenters. The minimum Gasteiger partial charge on any atom is -0.342 e. The summed E-state index contributed by atoms with van der Waals surface area (Å²) in [5.41, 5.74) is -0.239. The molecule has 108 valence electrons. The summed E-state index contributed by atoms with van der Waals surface area (Å²) in [7, 11) is 1.43. The number of likely N-dealkylation sites (N-methyl/N-ethyl adjacent to an activating group) is 1. The third-order valence-corrected chi connectivity index (χ3v) is 4.25. The van der Waals surface area contributed by atoms with Crippen LogP contribution in [0.3, 0.4) is 0 Å². The van der Waals surface area contributed by atoms with Gasteiger partial charge in [0, 0.05) is 20.1 Å². The Kier molecular flexibility index (Phi) is 4.08. The van der Waals surface area contributed by atoms with Crippen molar-refractivity contribution in [2.75, 3.05) is 13.1 Å². The van der Waals surface area contributed by atoms with Crippen molar-refractivity contribution in [3.63, 3.8) is 0 Å². The maximum absolute atomic E-state index is 12.2. The molecule has 0 aliphatic carbocycles. The maximum Gasteiger partial charge on any atom is 0.331 e. The van der Waals surface area contributed by atoms with Crippen LogP contribution in [0.15, 0.2) is 21.0 Å². The Labute approximate surface area is 119 Å². The fraction of sp³-hybridized carbons (Fsp3) is 0.462. The van der Waals surface area contributed by atoms with E-state index >= 15 is 0 Å². The van der Waals surface area contributed by atoms with Gasteiger partial charge in [0.15, 0.2) is 0 Å². The predicted octanol–water partition coefficient (Wildman–Crippen LogP) is 0.630. The van der Waals surface area contributed by atoms with E-state index in [4.69, 9.17) is 0 Å². The molecule has 0 atom stereocenters. The minimum absolute atomic E-state index is 0.0398. The number of carbonyl (C=O) groups excluding carboxylic acids is 1. The van der Waals surface area contributed by atoms with Crippen LogP contribution in [-0.2, 0) is 18.4 Å². The van der Waals surface area contributed by atoms with Crippen molar-refractivity contribution in [1.29, 1.82) is 0 Å². The first-order chi connectivity index (χ1) is 9.51. The number of thiophene rings is 1. The summed E-state index contributed by atoms with van der Waals surface area (Å²) in [6, 6.07) is 1.71. The van der Waals surface area contributed by atoms with E-state index in [2.05, 4.69) is 0 Å². The molecule has 2 aromatic heterocycles. The van der Waals surface area contributed by atoms with Crippen LogP contribution in [0.1, 0.15) is 13.8 Å². The van der Waals surface area contributed by atoms with Crippen molar-refractivity contribution in [3.05, 3.63) is 32.3 Å². The first kappa shape index (κ1) is 14.5. The molecule has 0 spiro atoms. The van der Waals surface area contributed by atoms with Crippen LogP contribution in [0.25, 0.3) is 10.2 Å². The molecule has 0 bridgehead atoms. The predicted molar refractivity (Wildman–Crippen MR) is 79.3 cm³/mol. The van der Waals surface area contributed by atoms with Gasteiger partial charge >= 0.3 is 5.69 Å². The summed E-state index contributed by atoms with van der Waals surface area (Å²) in [6.45, 7) is 4.95. The molecule has 0 saturated heterocycles. The van der Waals surface area contributed by atoms with Crippen molar-refractivity contribution in [2.45, 2.75) is 20.4 Å². The average Bonchev–Trinajstić information content (AvgIpc) is 2.92. The normalized spacial score (nSPS) is 10.9. The van der Waals surface area contributed by atoms with Gasteiger partial charge in [0.25, 0.3) is 5.56 Å². The molecule has 1 amide bonds. The average molecular weight is 295 g/mol. The van der Waals surface area contributed by atoms with Crippen molar-refractivity contribution < 1.29 is 4.79 Å². The Morgan fingerprint density at radius 1 is 1.30 bits per heavy atom. The van der Waals surface area contributed by atoms with Gasteiger partial charge in [-0.15, -0.1) is 11.3 Å². The van der Waals surface area contributed by atoms with Gasteiger partial charge in [-0.3, -0.25) is 18.7 Å². The van der Waals surface area contributed by atoms with E-state index in [1.807, 2.05) is 13.8 Å². The Hall–Kier alpha value is -1.89. The van der Waals surface area contributed by atoms with Gasteiger partial charge in [-0.2, -0.15) is 0 Å². The van der Waals surface area contributed by atoms with Crippen LogP contribution in [0.2, 0.25) is 0 Å². The standard InChI is InChI=1S/C13H17N3O3S/c1-4-15(5-2)10(17)8-16-9-6-7-20-11(9)12(18)14(3)13(16)19/h6-7H,4-5,8H2,1-3H3. The first-order valence-corrected chi connectivity index (χ1v) is 7.34. The second-order valence-corrected chi connectivity index (χ2v) is 5.35. The molecule has 2 heterocycles. The van der Waals surface area contributed by atoms with Crippen LogP contribution >= 0.6 is 11.3 Å². The molecule has 0 N–H and O–H groups in total. The Balaban J connectivity index is 2.55. The van der Waals surface area contributed by atoms with Crippen LogP contribution in [0.4, 0.5) is 0 Å². The molecule has 6 nitrogen and oxygen atoms in total. The third-order valence-electron chi connectivity index (χ3n) is 3.36. The number of amides is 1.